The van der Waals surface area contributed by atoms with Gasteiger partial charge >= 0.3 is 5.63 Å². The molecule has 0 unspecified atom stereocenters. The van der Waals surface area contributed by atoms with Gasteiger partial charge in [0.25, 0.3) is 0 Å². The van der Waals surface area contributed by atoms with Crippen LogP contribution in [0.15, 0.2) is 51.7 Å². The molecule has 1 amide bonds. The van der Waals surface area contributed by atoms with Crippen molar-refractivity contribution in [3.63, 3.8) is 0 Å². The lowest BCUT2D eigenvalue weighted by molar-refractivity contribution is -0.121. The molecule has 1 heterocycles. The van der Waals surface area contributed by atoms with Crippen molar-refractivity contribution >= 4 is 22.6 Å². The molecule has 6 heteroatoms. The summed E-state index contributed by atoms with van der Waals surface area (Å²) in [5.41, 5.74) is 3.84. The maximum Gasteiger partial charge on any atom is 0.339 e. The largest absolute Gasteiger partial charge is 0.497 e. The van der Waals surface area contributed by atoms with E-state index in [9.17, 15) is 9.59 Å². The molecule has 164 valence electrons. The highest BCUT2D eigenvalue weighted by molar-refractivity contribution is 5.82. The molecule has 0 aliphatic rings. The van der Waals surface area contributed by atoms with E-state index >= 15 is 0 Å². The second kappa shape index (κ2) is 10.2. The Morgan fingerprint density at radius 2 is 1.97 bits per heavy atom. The molecule has 0 saturated heterocycles. The minimum absolute atomic E-state index is 0.0751. The van der Waals surface area contributed by atoms with Gasteiger partial charge in [-0.05, 0) is 62.6 Å². The molecule has 31 heavy (non-hydrogen) atoms. The minimum atomic E-state index is -0.400. The van der Waals surface area contributed by atoms with Crippen LogP contribution in [0.25, 0.3) is 11.0 Å². The number of likely N-dealkylation sites (N-methyl/N-ethyl adjacent to an activating group) is 1. The Balaban J connectivity index is 1.58. The van der Waals surface area contributed by atoms with Crippen LogP contribution in [0, 0.1) is 13.8 Å². The molecule has 0 spiro atoms. The molecule has 0 saturated carbocycles. The third kappa shape index (κ3) is 5.45. The second-order valence-corrected chi connectivity index (χ2v) is 7.62. The standard InChI is InChI=1S/C25H30N2O4/c1-5-27(19-8-6-7-17(2)15-19)14-13-26-24(28)12-11-22-18(3)21-10-9-20(30-4)16-23(21)31-25(22)29/h6-10,15-16H,5,11-14H2,1-4H3,(H,26,28). The maximum absolute atomic E-state index is 12.4. The van der Waals surface area contributed by atoms with Crippen LogP contribution >= 0.6 is 0 Å². The van der Waals surface area contributed by atoms with E-state index in [1.807, 2.05) is 25.1 Å². The molecule has 0 aliphatic heterocycles. The van der Waals surface area contributed by atoms with Gasteiger partial charge in [0.15, 0.2) is 0 Å². The highest BCUT2D eigenvalue weighted by Gasteiger charge is 2.14. The van der Waals surface area contributed by atoms with Crippen molar-refractivity contribution in [2.24, 2.45) is 0 Å². The molecule has 1 aromatic heterocycles. The molecule has 6 nitrogen and oxygen atoms in total. The molecule has 3 aromatic rings. The molecule has 2 aromatic carbocycles. The van der Waals surface area contributed by atoms with Crippen molar-refractivity contribution in [2.45, 2.75) is 33.6 Å². The zero-order chi connectivity index (χ0) is 22.4. The molecular formula is C25H30N2O4. The smallest absolute Gasteiger partial charge is 0.339 e. The van der Waals surface area contributed by atoms with Crippen molar-refractivity contribution in [3.05, 3.63) is 69.6 Å². The van der Waals surface area contributed by atoms with Gasteiger partial charge in [0, 0.05) is 48.8 Å². The van der Waals surface area contributed by atoms with Crippen molar-refractivity contribution in [2.75, 3.05) is 31.6 Å². The van der Waals surface area contributed by atoms with E-state index in [-0.39, 0.29) is 12.3 Å². The van der Waals surface area contributed by atoms with Crippen molar-refractivity contribution in [1.29, 1.82) is 0 Å². The van der Waals surface area contributed by atoms with E-state index in [0.717, 1.165) is 29.7 Å². The van der Waals surface area contributed by atoms with E-state index in [0.29, 0.717) is 29.9 Å². The summed E-state index contributed by atoms with van der Waals surface area (Å²) in [6, 6.07) is 13.7. The number of carbonyl (C=O) groups is 1. The second-order valence-electron chi connectivity index (χ2n) is 7.62. The number of carbonyl (C=O) groups excluding carboxylic acids is 1. The summed E-state index contributed by atoms with van der Waals surface area (Å²) < 4.78 is 10.6. The SMILES string of the molecule is CCN(CCNC(=O)CCc1c(C)c2ccc(OC)cc2oc1=O)c1cccc(C)c1. The molecule has 0 fully saturated rings. The minimum Gasteiger partial charge on any atom is -0.497 e. The van der Waals surface area contributed by atoms with Gasteiger partial charge in [0.2, 0.25) is 5.91 Å². The first kappa shape index (κ1) is 22.4. The monoisotopic (exact) mass is 422 g/mol. The maximum atomic E-state index is 12.4. The number of anilines is 1. The predicted octanol–water partition coefficient (Wildman–Crippen LogP) is 3.99. The summed E-state index contributed by atoms with van der Waals surface area (Å²) in [6.45, 7) is 8.19. The van der Waals surface area contributed by atoms with Gasteiger partial charge < -0.3 is 19.4 Å². The Morgan fingerprint density at radius 1 is 1.16 bits per heavy atom. The molecule has 1 N–H and O–H groups in total. The number of amides is 1. The van der Waals surface area contributed by atoms with Gasteiger partial charge in [-0.25, -0.2) is 4.79 Å². The average molecular weight is 423 g/mol. The van der Waals surface area contributed by atoms with Crippen LogP contribution in [-0.4, -0.2) is 32.7 Å². The highest BCUT2D eigenvalue weighted by Crippen LogP contribution is 2.24. The number of nitrogens with one attached hydrogen (secondary N) is 1. The van der Waals surface area contributed by atoms with E-state index in [2.05, 4.69) is 42.3 Å². The fourth-order valence-corrected chi connectivity index (χ4v) is 3.74. The number of hydrogen-bond acceptors (Lipinski definition) is 5. The Kier molecular flexibility index (Phi) is 7.34. The lowest BCUT2D eigenvalue weighted by Crippen LogP contribution is -2.35. The van der Waals surface area contributed by atoms with Gasteiger partial charge in [-0.2, -0.15) is 0 Å². The first-order chi connectivity index (χ1) is 14.9. The number of rotatable bonds is 9. The molecule has 0 radical (unpaired) electrons. The van der Waals surface area contributed by atoms with Crippen LogP contribution in [0.3, 0.4) is 0 Å². The van der Waals surface area contributed by atoms with Crippen LogP contribution in [0.5, 0.6) is 5.75 Å². The molecule has 0 aliphatic carbocycles. The number of benzene rings is 2. The fraction of sp³-hybridized carbons (Fsp3) is 0.360. The average Bonchev–Trinajstić information content (AvgIpc) is 2.76. The zero-order valence-electron chi connectivity index (χ0n) is 18.7. The van der Waals surface area contributed by atoms with Crippen LogP contribution in [-0.2, 0) is 11.2 Å². The molecule has 0 bridgehead atoms. The van der Waals surface area contributed by atoms with Gasteiger partial charge in [-0.15, -0.1) is 0 Å². The van der Waals surface area contributed by atoms with Gasteiger partial charge in [-0.3, -0.25) is 4.79 Å². The zero-order valence-corrected chi connectivity index (χ0v) is 18.7. The highest BCUT2D eigenvalue weighted by atomic mass is 16.5. The van der Waals surface area contributed by atoms with E-state index < -0.39 is 5.63 Å². The number of fused-ring (bicyclic) bond motifs is 1. The van der Waals surface area contributed by atoms with Crippen molar-refractivity contribution in [1.82, 2.24) is 5.32 Å². The number of methoxy groups -OCH3 is 1. The predicted molar refractivity (Wildman–Crippen MR) is 124 cm³/mol. The lowest BCUT2D eigenvalue weighted by atomic mass is 10.0. The van der Waals surface area contributed by atoms with Crippen molar-refractivity contribution < 1.29 is 13.9 Å². The summed E-state index contributed by atoms with van der Waals surface area (Å²) in [4.78, 5) is 27.0. The van der Waals surface area contributed by atoms with Crippen LogP contribution < -0.4 is 20.6 Å². The lowest BCUT2D eigenvalue weighted by Gasteiger charge is -2.23. The van der Waals surface area contributed by atoms with E-state index in [1.165, 1.54) is 5.56 Å². The first-order valence-electron chi connectivity index (χ1n) is 10.6. The van der Waals surface area contributed by atoms with E-state index in [1.54, 1.807) is 13.2 Å². The Bertz CT molecular complexity index is 1120. The molecule has 3 rings (SSSR count). The molecular weight excluding hydrogens is 392 g/mol. The number of nitrogens with zero attached hydrogens (tertiary/aromatic N) is 1. The Morgan fingerprint density at radius 3 is 2.68 bits per heavy atom. The summed E-state index contributed by atoms with van der Waals surface area (Å²) in [5.74, 6) is 0.558. The quantitative estimate of drug-likeness (QED) is 0.528. The van der Waals surface area contributed by atoms with Crippen molar-refractivity contribution in [3.8, 4) is 5.75 Å². The van der Waals surface area contributed by atoms with Gasteiger partial charge in [-0.1, -0.05) is 12.1 Å². The summed E-state index contributed by atoms with van der Waals surface area (Å²) in [6.07, 6.45) is 0.584. The Hall–Kier alpha value is -3.28. The van der Waals surface area contributed by atoms with Crippen LogP contribution in [0.1, 0.15) is 30.0 Å². The number of ether oxygens (including phenoxy) is 1. The topological polar surface area (TPSA) is 71.8 Å². The van der Waals surface area contributed by atoms with E-state index in [4.69, 9.17) is 9.15 Å². The van der Waals surface area contributed by atoms with Gasteiger partial charge in [0.1, 0.15) is 11.3 Å². The summed E-state index contributed by atoms with van der Waals surface area (Å²) >= 11 is 0. The summed E-state index contributed by atoms with van der Waals surface area (Å²) in [7, 11) is 1.57. The normalized spacial score (nSPS) is 10.8. The van der Waals surface area contributed by atoms with Crippen LogP contribution in [0.4, 0.5) is 5.69 Å². The number of hydrogen-bond donors (Lipinski definition) is 1. The molecule has 0 atom stereocenters. The van der Waals surface area contributed by atoms with Gasteiger partial charge in [0.05, 0.1) is 7.11 Å². The third-order valence-electron chi connectivity index (χ3n) is 5.55. The fourth-order valence-electron chi connectivity index (χ4n) is 3.74. The third-order valence-corrected chi connectivity index (χ3v) is 5.55. The first-order valence-corrected chi connectivity index (χ1v) is 10.6. The summed E-state index contributed by atoms with van der Waals surface area (Å²) in [5, 5.41) is 3.82. The Labute approximate surface area is 182 Å². The van der Waals surface area contributed by atoms with Crippen LogP contribution in [0.2, 0.25) is 0 Å². The number of aryl methyl sites for hydroxylation is 2.